The zero-order valence-electron chi connectivity index (χ0n) is 15.2. The van der Waals surface area contributed by atoms with Crippen LogP contribution in [-0.2, 0) is 14.6 Å². The third-order valence-electron chi connectivity index (χ3n) is 4.41. The molecule has 1 aromatic carbocycles. The van der Waals surface area contributed by atoms with E-state index in [0.29, 0.717) is 31.7 Å². The minimum Gasteiger partial charge on any atom is -0.338 e. The van der Waals surface area contributed by atoms with Crippen LogP contribution in [0.1, 0.15) is 24.2 Å². The van der Waals surface area contributed by atoms with Crippen molar-refractivity contribution >= 4 is 34.1 Å². The lowest BCUT2D eigenvalue weighted by Crippen LogP contribution is -2.55. The number of hydrogen-bond donors (Lipinski definition) is 1. The first-order chi connectivity index (χ1) is 11.6. The molecule has 1 aromatic rings. The normalized spacial score (nSPS) is 16.2. The van der Waals surface area contributed by atoms with E-state index in [2.05, 4.69) is 0 Å². The number of amides is 2. The summed E-state index contributed by atoms with van der Waals surface area (Å²) in [6.07, 6.45) is 1.13. The van der Waals surface area contributed by atoms with Crippen molar-refractivity contribution in [3.63, 3.8) is 0 Å². The second kappa shape index (κ2) is 8.83. The van der Waals surface area contributed by atoms with Crippen molar-refractivity contribution in [3.8, 4) is 0 Å². The summed E-state index contributed by atoms with van der Waals surface area (Å²) < 4.78 is 23.0. The van der Waals surface area contributed by atoms with Gasteiger partial charge in [0.25, 0.3) is 5.91 Å². The second-order valence-electron chi connectivity index (χ2n) is 6.68. The lowest BCUT2D eigenvalue weighted by atomic mass is 10.0. The van der Waals surface area contributed by atoms with Crippen LogP contribution in [0.5, 0.6) is 0 Å². The fourth-order valence-corrected chi connectivity index (χ4v) is 3.28. The largest absolute Gasteiger partial charge is 0.338 e. The monoisotopic (exact) mass is 403 g/mol. The summed E-state index contributed by atoms with van der Waals surface area (Å²) in [6.45, 7) is 5.58. The van der Waals surface area contributed by atoms with Crippen molar-refractivity contribution in [2.75, 3.05) is 32.4 Å². The van der Waals surface area contributed by atoms with Gasteiger partial charge in [-0.15, -0.1) is 12.4 Å². The molecule has 2 rings (SSSR count). The summed E-state index contributed by atoms with van der Waals surface area (Å²) in [6, 6.07) is 5.38. The quantitative estimate of drug-likeness (QED) is 0.800. The standard InChI is InChI=1S/C17H25N3O4S.ClH/c1-12(2)15(18)17(22)20-10-8-19(9-11-20)16(21)13-4-6-14(7-5-13)25(3,23)24;/h4-7,12,15H,8-11,18H2,1-3H3;1H/t15-;/m0./s1. The summed E-state index contributed by atoms with van der Waals surface area (Å²) in [4.78, 5) is 28.3. The minimum atomic E-state index is -3.28. The third kappa shape index (κ3) is 5.18. The third-order valence-corrected chi connectivity index (χ3v) is 5.54. The Balaban J connectivity index is 0.00000338. The molecule has 0 radical (unpaired) electrons. The van der Waals surface area contributed by atoms with Crippen LogP contribution >= 0.6 is 12.4 Å². The van der Waals surface area contributed by atoms with Gasteiger partial charge < -0.3 is 15.5 Å². The molecule has 0 spiro atoms. The molecular formula is C17H26ClN3O4S. The molecule has 2 N–H and O–H groups in total. The number of carbonyl (C=O) groups is 2. The Labute approximate surface area is 160 Å². The highest BCUT2D eigenvalue weighted by atomic mass is 35.5. The smallest absolute Gasteiger partial charge is 0.253 e. The SMILES string of the molecule is CC(C)[C@H](N)C(=O)N1CCN(C(=O)c2ccc(S(C)(=O)=O)cc2)CC1.Cl. The lowest BCUT2D eigenvalue weighted by Gasteiger charge is -2.36. The molecule has 1 aliphatic heterocycles. The first kappa shape index (κ1) is 22.4. The van der Waals surface area contributed by atoms with E-state index in [1.807, 2.05) is 13.8 Å². The van der Waals surface area contributed by atoms with E-state index in [1.165, 1.54) is 24.3 Å². The fraction of sp³-hybridized carbons (Fsp3) is 0.529. The van der Waals surface area contributed by atoms with Crippen molar-refractivity contribution in [3.05, 3.63) is 29.8 Å². The number of halogens is 1. The van der Waals surface area contributed by atoms with Gasteiger partial charge in [0.05, 0.1) is 10.9 Å². The van der Waals surface area contributed by atoms with Crippen molar-refractivity contribution in [2.45, 2.75) is 24.8 Å². The van der Waals surface area contributed by atoms with E-state index in [1.54, 1.807) is 9.80 Å². The Morgan fingerprint density at radius 2 is 1.46 bits per heavy atom. The lowest BCUT2D eigenvalue weighted by molar-refractivity contribution is -0.135. The van der Waals surface area contributed by atoms with Crippen LogP contribution in [0.25, 0.3) is 0 Å². The molecule has 0 bridgehead atoms. The minimum absolute atomic E-state index is 0. The highest BCUT2D eigenvalue weighted by molar-refractivity contribution is 7.90. The van der Waals surface area contributed by atoms with E-state index < -0.39 is 15.9 Å². The highest BCUT2D eigenvalue weighted by Crippen LogP contribution is 2.14. The maximum absolute atomic E-state index is 12.5. The highest BCUT2D eigenvalue weighted by Gasteiger charge is 2.28. The maximum Gasteiger partial charge on any atom is 0.253 e. The number of nitrogens with two attached hydrogens (primary N) is 1. The molecule has 7 nitrogen and oxygen atoms in total. The van der Waals surface area contributed by atoms with Crippen LogP contribution in [0, 0.1) is 5.92 Å². The van der Waals surface area contributed by atoms with Crippen LogP contribution in [0.2, 0.25) is 0 Å². The second-order valence-corrected chi connectivity index (χ2v) is 8.70. The topological polar surface area (TPSA) is 101 Å². The van der Waals surface area contributed by atoms with Gasteiger partial charge in [-0.2, -0.15) is 0 Å². The van der Waals surface area contributed by atoms with Gasteiger partial charge in [0.15, 0.2) is 9.84 Å². The van der Waals surface area contributed by atoms with E-state index >= 15 is 0 Å². The summed E-state index contributed by atoms with van der Waals surface area (Å²) in [7, 11) is -3.28. The van der Waals surface area contributed by atoms with Crippen LogP contribution in [0.15, 0.2) is 29.2 Å². The van der Waals surface area contributed by atoms with Crippen LogP contribution in [-0.4, -0.2) is 68.5 Å². The van der Waals surface area contributed by atoms with E-state index in [4.69, 9.17) is 5.73 Å². The number of nitrogens with zero attached hydrogens (tertiary/aromatic N) is 2. The van der Waals surface area contributed by atoms with Crippen LogP contribution in [0.4, 0.5) is 0 Å². The van der Waals surface area contributed by atoms with Crippen molar-refractivity contribution < 1.29 is 18.0 Å². The Kier molecular flexibility index (Phi) is 7.61. The molecule has 0 unspecified atom stereocenters. The molecule has 9 heteroatoms. The fourth-order valence-electron chi connectivity index (χ4n) is 2.65. The van der Waals surface area contributed by atoms with E-state index in [9.17, 15) is 18.0 Å². The van der Waals surface area contributed by atoms with Gasteiger partial charge in [0.1, 0.15) is 0 Å². The zero-order valence-corrected chi connectivity index (χ0v) is 16.8. The predicted octanol–water partition coefficient (Wildman–Crippen LogP) is 0.780. The summed E-state index contributed by atoms with van der Waals surface area (Å²) in [5, 5.41) is 0. The molecule has 0 aromatic heterocycles. The van der Waals surface area contributed by atoms with Crippen LogP contribution < -0.4 is 5.73 Å². The number of piperazine rings is 1. The van der Waals surface area contributed by atoms with Gasteiger partial charge in [-0.25, -0.2) is 8.42 Å². The Bertz CT molecular complexity index is 742. The molecule has 0 saturated carbocycles. The Hall–Kier alpha value is -1.64. The number of carbonyl (C=O) groups excluding carboxylic acids is 2. The first-order valence-electron chi connectivity index (χ1n) is 8.25. The molecular weight excluding hydrogens is 378 g/mol. The number of benzene rings is 1. The van der Waals surface area contributed by atoms with Gasteiger partial charge in [-0.3, -0.25) is 9.59 Å². The van der Waals surface area contributed by atoms with Crippen molar-refractivity contribution in [1.82, 2.24) is 9.80 Å². The van der Waals surface area contributed by atoms with Crippen molar-refractivity contribution in [2.24, 2.45) is 11.7 Å². The molecule has 1 atom stereocenters. The molecule has 1 saturated heterocycles. The van der Waals surface area contributed by atoms with Gasteiger partial charge in [0.2, 0.25) is 5.91 Å². The summed E-state index contributed by atoms with van der Waals surface area (Å²) in [5.41, 5.74) is 6.34. The average Bonchev–Trinajstić information content (AvgIpc) is 2.59. The molecule has 2 amide bonds. The Morgan fingerprint density at radius 3 is 1.88 bits per heavy atom. The van der Waals surface area contributed by atoms with Crippen molar-refractivity contribution in [1.29, 1.82) is 0 Å². The van der Waals surface area contributed by atoms with Gasteiger partial charge >= 0.3 is 0 Å². The number of hydrogen-bond acceptors (Lipinski definition) is 5. The molecule has 1 fully saturated rings. The number of sulfone groups is 1. The molecule has 1 heterocycles. The summed E-state index contributed by atoms with van der Waals surface area (Å²) in [5.74, 6) is -0.180. The van der Waals surface area contributed by atoms with Gasteiger partial charge in [-0.1, -0.05) is 13.8 Å². The summed E-state index contributed by atoms with van der Waals surface area (Å²) >= 11 is 0. The number of rotatable bonds is 4. The van der Waals surface area contributed by atoms with Gasteiger partial charge in [0, 0.05) is 38.0 Å². The zero-order chi connectivity index (χ0) is 18.8. The van der Waals surface area contributed by atoms with Crippen LogP contribution in [0.3, 0.4) is 0 Å². The van der Waals surface area contributed by atoms with Gasteiger partial charge in [-0.05, 0) is 30.2 Å². The molecule has 26 heavy (non-hydrogen) atoms. The van der Waals surface area contributed by atoms with E-state index in [0.717, 1.165) is 6.26 Å². The van der Waals surface area contributed by atoms with E-state index in [-0.39, 0.29) is 35.0 Å². The first-order valence-corrected chi connectivity index (χ1v) is 10.1. The predicted molar refractivity (Wildman–Crippen MR) is 102 cm³/mol. The molecule has 1 aliphatic rings. The Morgan fingerprint density at radius 1 is 1.00 bits per heavy atom. The molecule has 146 valence electrons. The average molecular weight is 404 g/mol. The molecule has 0 aliphatic carbocycles. The maximum atomic E-state index is 12.5.